The first-order valence-corrected chi connectivity index (χ1v) is 6.13. The van der Waals surface area contributed by atoms with E-state index in [0.717, 1.165) is 18.9 Å². The van der Waals surface area contributed by atoms with Crippen molar-refractivity contribution < 1.29 is 13.6 Å². The molecule has 0 radical (unpaired) electrons. The van der Waals surface area contributed by atoms with Crippen LogP contribution < -0.4 is 0 Å². The molecule has 1 nitrogen and oxygen atoms in total. The molecule has 2 unspecified atom stereocenters. The zero-order valence-electron chi connectivity index (χ0n) is 9.46. The van der Waals surface area contributed by atoms with Gasteiger partial charge in [-0.25, -0.2) is 8.78 Å². The second-order valence-electron chi connectivity index (χ2n) is 5.21. The molecule has 3 heteroatoms. The molecule has 0 amide bonds. The number of hydrogen-bond acceptors (Lipinski definition) is 1. The number of rotatable bonds is 3. The topological polar surface area (TPSA) is 17.1 Å². The van der Waals surface area contributed by atoms with Gasteiger partial charge in [-0.05, 0) is 42.4 Å². The highest BCUT2D eigenvalue weighted by atomic mass is 19.1. The maximum absolute atomic E-state index is 13.0. The van der Waals surface area contributed by atoms with Gasteiger partial charge in [-0.3, -0.25) is 4.79 Å². The van der Waals surface area contributed by atoms with E-state index in [-0.39, 0.29) is 18.1 Å². The lowest BCUT2D eigenvalue weighted by Gasteiger charge is -2.04. The summed E-state index contributed by atoms with van der Waals surface area (Å²) >= 11 is 0. The first-order valence-electron chi connectivity index (χ1n) is 6.13. The number of benzene rings is 1. The summed E-state index contributed by atoms with van der Waals surface area (Å²) in [5.41, 5.74) is 0.456. The van der Waals surface area contributed by atoms with Crippen molar-refractivity contribution in [3.05, 3.63) is 35.4 Å². The van der Waals surface area contributed by atoms with Gasteiger partial charge >= 0.3 is 0 Å². The lowest BCUT2D eigenvalue weighted by molar-refractivity contribution is -0.120. The van der Waals surface area contributed by atoms with Gasteiger partial charge in [0.15, 0.2) is 0 Å². The lowest BCUT2D eigenvalue weighted by atomic mass is 10.0. The third kappa shape index (κ3) is 1.99. The number of carbonyl (C=O) groups is 1. The molecule has 1 aromatic carbocycles. The molecular weight excluding hydrogens is 222 g/mol. The van der Waals surface area contributed by atoms with E-state index in [4.69, 9.17) is 0 Å². The van der Waals surface area contributed by atoms with Crippen molar-refractivity contribution in [1.82, 2.24) is 0 Å². The monoisotopic (exact) mass is 236 g/mol. The van der Waals surface area contributed by atoms with Crippen molar-refractivity contribution in [2.24, 2.45) is 17.8 Å². The number of carbonyl (C=O) groups excluding carboxylic acids is 1. The van der Waals surface area contributed by atoms with Gasteiger partial charge in [0.2, 0.25) is 0 Å². The summed E-state index contributed by atoms with van der Waals surface area (Å²) in [5, 5.41) is 0. The molecule has 2 saturated carbocycles. The molecule has 0 aliphatic heterocycles. The summed E-state index contributed by atoms with van der Waals surface area (Å²) < 4.78 is 25.9. The minimum absolute atomic E-state index is 0.157. The van der Waals surface area contributed by atoms with Crippen LogP contribution in [0.4, 0.5) is 8.78 Å². The van der Waals surface area contributed by atoms with E-state index in [1.807, 2.05) is 0 Å². The van der Waals surface area contributed by atoms with Crippen molar-refractivity contribution in [1.29, 1.82) is 0 Å². The molecule has 0 saturated heterocycles. The maximum atomic E-state index is 13.0. The quantitative estimate of drug-likeness (QED) is 0.788. The van der Waals surface area contributed by atoms with Crippen LogP contribution in [0, 0.1) is 29.4 Å². The number of hydrogen-bond donors (Lipinski definition) is 0. The number of halogens is 2. The predicted octanol–water partition coefficient (Wildman–Crippen LogP) is 3.12. The van der Waals surface area contributed by atoms with Gasteiger partial charge in [0.05, 0.1) is 0 Å². The normalized spacial score (nSPS) is 30.1. The average molecular weight is 236 g/mol. The summed E-state index contributed by atoms with van der Waals surface area (Å²) in [6.45, 7) is 0. The van der Waals surface area contributed by atoms with Crippen LogP contribution in [0.15, 0.2) is 18.2 Å². The van der Waals surface area contributed by atoms with E-state index < -0.39 is 11.6 Å². The first-order chi connectivity index (χ1) is 8.15. The van der Waals surface area contributed by atoms with Gasteiger partial charge in [-0.1, -0.05) is 6.42 Å². The third-order valence-electron chi connectivity index (χ3n) is 4.08. The Balaban J connectivity index is 1.68. The van der Waals surface area contributed by atoms with Crippen LogP contribution >= 0.6 is 0 Å². The summed E-state index contributed by atoms with van der Waals surface area (Å²) in [5.74, 6) is 0.258. The molecule has 0 aromatic heterocycles. The van der Waals surface area contributed by atoms with Crippen LogP contribution in [0.5, 0.6) is 0 Å². The maximum Gasteiger partial charge on any atom is 0.140 e. The summed E-state index contributed by atoms with van der Waals surface area (Å²) in [7, 11) is 0. The molecule has 0 N–H and O–H groups in total. The molecule has 2 fully saturated rings. The molecule has 90 valence electrons. The van der Waals surface area contributed by atoms with Gasteiger partial charge in [-0.2, -0.15) is 0 Å². The van der Waals surface area contributed by atoms with Crippen molar-refractivity contribution in [2.45, 2.75) is 25.7 Å². The van der Waals surface area contributed by atoms with Gasteiger partial charge in [0.1, 0.15) is 17.4 Å². The van der Waals surface area contributed by atoms with Gasteiger partial charge < -0.3 is 0 Å². The fraction of sp³-hybridized carbons (Fsp3) is 0.500. The van der Waals surface area contributed by atoms with Gasteiger partial charge in [0, 0.05) is 18.4 Å². The molecule has 2 aliphatic rings. The Labute approximate surface area is 98.8 Å². The van der Waals surface area contributed by atoms with Crippen LogP contribution in [-0.2, 0) is 11.2 Å². The molecule has 1 aromatic rings. The molecule has 3 rings (SSSR count). The Bertz CT molecular complexity index is 439. The highest BCUT2D eigenvalue weighted by molar-refractivity contribution is 5.86. The Kier molecular flexibility index (Phi) is 2.49. The Morgan fingerprint density at radius 3 is 2.29 bits per heavy atom. The Morgan fingerprint density at radius 2 is 1.71 bits per heavy atom. The zero-order valence-corrected chi connectivity index (χ0v) is 9.46. The second-order valence-corrected chi connectivity index (χ2v) is 5.21. The van der Waals surface area contributed by atoms with E-state index in [1.165, 1.54) is 18.6 Å². The van der Waals surface area contributed by atoms with Crippen molar-refractivity contribution in [3.63, 3.8) is 0 Å². The molecule has 2 aliphatic carbocycles. The van der Waals surface area contributed by atoms with Crippen LogP contribution in [0.3, 0.4) is 0 Å². The smallest absolute Gasteiger partial charge is 0.140 e. The van der Waals surface area contributed by atoms with Crippen LogP contribution in [0.2, 0.25) is 0 Å². The van der Waals surface area contributed by atoms with Gasteiger partial charge in [0.25, 0.3) is 0 Å². The average Bonchev–Trinajstić information content (AvgIpc) is 2.72. The van der Waals surface area contributed by atoms with Gasteiger partial charge in [-0.15, -0.1) is 0 Å². The summed E-state index contributed by atoms with van der Waals surface area (Å²) in [6.07, 6.45) is 3.71. The fourth-order valence-corrected chi connectivity index (χ4v) is 3.33. The number of Topliss-reactive ketones (excluding diaryl/α,β-unsaturated/α-hetero) is 1. The van der Waals surface area contributed by atoms with Crippen molar-refractivity contribution in [3.8, 4) is 0 Å². The largest absolute Gasteiger partial charge is 0.299 e. The summed E-state index contributed by atoms with van der Waals surface area (Å²) in [6, 6.07) is 3.33. The predicted molar refractivity (Wildman–Crippen MR) is 59.4 cm³/mol. The van der Waals surface area contributed by atoms with Crippen molar-refractivity contribution in [2.75, 3.05) is 0 Å². The van der Waals surface area contributed by atoms with Crippen LogP contribution in [-0.4, -0.2) is 5.78 Å². The molecule has 0 bridgehead atoms. The van der Waals surface area contributed by atoms with Crippen LogP contribution in [0.25, 0.3) is 0 Å². The fourth-order valence-electron chi connectivity index (χ4n) is 3.33. The lowest BCUT2D eigenvalue weighted by Crippen LogP contribution is -2.09. The van der Waals surface area contributed by atoms with E-state index in [0.29, 0.717) is 17.4 Å². The molecule has 17 heavy (non-hydrogen) atoms. The standard InChI is InChI=1S/C14H14F2O/c15-9-4-8(5-10(16)7-9)6-13(17)14-11-2-1-3-12(11)14/h4-5,7,11-12,14H,1-3,6H2. The molecule has 0 spiro atoms. The molecular formula is C14H14F2O. The zero-order chi connectivity index (χ0) is 12.0. The number of ketones is 1. The van der Waals surface area contributed by atoms with Crippen LogP contribution in [0.1, 0.15) is 24.8 Å². The van der Waals surface area contributed by atoms with E-state index >= 15 is 0 Å². The molecule has 0 heterocycles. The highest BCUT2D eigenvalue weighted by Crippen LogP contribution is 2.58. The Morgan fingerprint density at radius 1 is 1.12 bits per heavy atom. The molecule has 2 atom stereocenters. The SMILES string of the molecule is O=C(Cc1cc(F)cc(F)c1)C1C2CCCC21. The first kappa shape index (κ1) is 10.9. The minimum Gasteiger partial charge on any atom is -0.299 e. The van der Waals surface area contributed by atoms with E-state index in [9.17, 15) is 13.6 Å². The Hall–Kier alpha value is -1.25. The highest BCUT2D eigenvalue weighted by Gasteiger charge is 2.55. The van der Waals surface area contributed by atoms with Crippen molar-refractivity contribution >= 4 is 5.78 Å². The third-order valence-corrected chi connectivity index (χ3v) is 4.08. The second kappa shape index (κ2) is 3.90. The minimum atomic E-state index is -0.608. The number of fused-ring (bicyclic) bond motifs is 1. The van der Waals surface area contributed by atoms with E-state index in [1.54, 1.807) is 0 Å². The van der Waals surface area contributed by atoms with E-state index in [2.05, 4.69) is 0 Å². The summed E-state index contributed by atoms with van der Waals surface area (Å²) in [4.78, 5) is 12.0.